The smallest absolute Gasteiger partial charge is 0.0136 e. The van der Waals surface area contributed by atoms with Crippen LogP contribution in [0, 0.1) is 0 Å². The molecule has 2 atom stereocenters. The van der Waals surface area contributed by atoms with E-state index in [0.717, 1.165) is 13.0 Å². The summed E-state index contributed by atoms with van der Waals surface area (Å²) in [6, 6.07) is 11.3. The Hall–Kier alpha value is -1.08. The monoisotopic (exact) mass is 231 g/mol. The fraction of sp³-hybridized carbons (Fsp3) is 0.500. The molecule has 1 heteroatoms. The highest BCUT2D eigenvalue weighted by molar-refractivity contribution is 5.20. The maximum absolute atomic E-state index is 3.99. The first-order chi connectivity index (χ1) is 8.15. The van der Waals surface area contributed by atoms with Gasteiger partial charge in [0.1, 0.15) is 0 Å². The zero-order valence-electron chi connectivity index (χ0n) is 11.4. The van der Waals surface area contributed by atoms with Crippen LogP contribution in [0.4, 0.5) is 0 Å². The average molecular weight is 231 g/mol. The number of allylic oxidation sites excluding steroid dienone is 1. The van der Waals surface area contributed by atoms with Crippen molar-refractivity contribution >= 4 is 0 Å². The van der Waals surface area contributed by atoms with Crippen molar-refractivity contribution < 1.29 is 0 Å². The molecule has 1 rings (SSSR count). The van der Waals surface area contributed by atoms with E-state index in [1.807, 2.05) is 0 Å². The van der Waals surface area contributed by atoms with Crippen LogP contribution < -0.4 is 5.32 Å². The molecule has 0 aliphatic carbocycles. The molecule has 0 spiro atoms. The summed E-state index contributed by atoms with van der Waals surface area (Å²) in [6.07, 6.45) is 2.27. The lowest BCUT2D eigenvalue weighted by Gasteiger charge is -2.25. The second-order valence-corrected chi connectivity index (χ2v) is 4.86. The molecule has 0 aliphatic rings. The van der Waals surface area contributed by atoms with Gasteiger partial charge in [-0.05, 0) is 37.8 Å². The van der Waals surface area contributed by atoms with Gasteiger partial charge < -0.3 is 5.32 Å². The van der Waals surface area contributed by atoms with Gasteiger partial charge in [0.05, 0.1) is 0 Å². The minimum atomic E-state index is 0.541. The maximum Gasteiger partial charge on any atom is 0.0136 e. The Bertz CT molecular complexity index is 329. The lowest BCUT2D eigenvalue weighted by Crippen LogP contribution is -2.33. The Labute approximate surface area is 106 Å². The summed E-state index contributed by atoms with van der Waals surface area (Å²) in [5.74, 6) is 0.551. The molecule has 0 bridgehead atoms. The fourth-order valence-corrected chi connectivity index (χ4v) is 2.18. The van der Waals surface area contributed by atoms with Gasteiger partial charge in [-0.25, -0.2) is 0 Å². The lowest BCUT2D eigenvalue weighted by molar-refractivity contribution is 0.433. The van der Waals surface area contributed by atoms with Crippen LogP contribution in [0.3, 0.4) is 0 Å². The van der Waals surface area contributed by atoms with Crippen LogP contribution in [0.15, 0.2) is 42.5 Å². The van der Waals surface area contributed by atoms with E-state index in [0.29, 0.717) is 12.0 Å². The average Bonchev–Trinajstić information content (AvgIpc) is 2.34. The van der Waals surface area contributed by atoms with Crippen LogP contribution in [0.5, 0.6) is 0 Å². The zero-order chi connectivity index (χ0) is 12.7. The highest BCUT2D eigenvalue weighted by Gasteiger charge is 2.17. The van der Waals surface area contributed by atoms with Crippen molar-refractivity contribution in [3.63, 3.8) is 0 Å². The van der Waals surface area contributed by atoms with Gasteiger partial charge in [-0.1, -0.05) is 49.8 Å². The first-order valence-electron chi connectivity index (χ1n) is 6.57. The number of likely N-dealkylation sites (N-methyl/N-ethyl adjacent to an activating group) is 1. The molecule has 2 unspecified atom stereocenters. The summed E-state index contributed by atoms with van der Waals surface area (Å²) in [5, 5.41) is 3.60. The Morgan fingerprint density at radius 3 is 2.47 bits per heavy atom. The minimum absolute atomic E-state index is 0.541. The molecule has 17 heavy (non-hydrogen) atoms. The van der Waals surface area contributed by atoms with E-state index < -0.39 is 0 Å². The molecule has 94 valence electrons. The Morgan fingerprint density at radius 1 is 1.29 bits per heavy atom. The van der Waals surface area contributed by atoms with E-state index >= 15 is 0 Å². The quantitative estimate of drug-likeness (QED) is 0.696. The number of rotatable bonds is 7. The first kappa shape index (κ1) is 14.0. The number of hydrogen-bond acceptors (Lipinski definition) is 1. The maximum atomic E-state index is 3.99. The van der Waals surface area contributed by atoms with Gasteiger partial charge in [-0.3, -0.25) is 0 Å². The highest BCUT2D eigenvalue weighted by Crippen LogP contribution is 2.22. The van der Waals surface area contributed by atoms with Gasteiger partial charge in [0.25, 0.3) is 0 Å². The van der Waals surface area contributed by atoms with Crippen LogP contribution in [0.25, 0.3) is 0 Å². The van der Waals surface area contributed by atoms with Crippen molar-refractivity contribution in [1.29, 1.82) is 0 Å². The third-order valence-electron chi connectivity index (χ3n) is 3.28. The van der Waals surface area contributed by atoms with Crippen molar-refractivity contribution in [1.82, 2.24) is 5.32 Å². The summed E-state index contributed by atoms with van der Waals surface area (Å²) >= 11 is 0. The van der Waals surface area contributed by atoms with Crippen LogP contribution in [-0.2, 0) is 0 Å². The number of nitrogens with one attached hydrogen (secondary N) is 1. The topological polar surface area (TPSA) is 12.0 Å². The van der Waals surface area contributed by atoms with E-state index in [-0.39, 0.29) is 0 Å². The predicted octanol–water partition coefficient (Wildman–Crippen LogP) is 4.12. The third-order valence-corrected chi connectivity index (χ3v) is 3.28. The van der Waals surface area contributed by atoms with Crippen molar-refractivity contribution in [2.24, 2.45) is 0 Å². The van der Waals surface area contributed by atoms with Gasteiger partial charge in [0, 0.05) is 6.04 Å². The molecule has 1 nitrogen and oxygen atoms in total. The van der Waals surface area contributed by atoms with Gasteiger partial charge in [0.2, 0.25) is 0 Å². The SMILES string of the molecule is C=C(C)CCC(NCC)C(C)c1ccccc1. The van der Waals surface area contributed by atoms with Crippen molar-refractivity contribution in [3.05, 3.63) is 48.0 Å². The molecule has 0 fully saturated rings. The van der Waals surface area contributed by atoms with Crippen LogP contribution in [0.2, 0.25) is 0 Å². The summed E-state index contributed by atoms with van der Waals surface area (Å²) in [7, 11) is 0. The molecule has 0 aromatic heterocycles. The molecule has 1 aromatic rings. The van der Waals surface area contributed by atoms with E-state index in [2.05, 4.69) is 63.0 Å². The molecule has 1 aromatic carbocycles. The highest BCUT2D eigenvalue weighted by atomic mass is 14.9. The Kier molecular flexibility index (Phi) is 5.99. The lowest BCUT2D eigenvalue weighted by atomic mass is 9.89. The van der Waals surface area contributed by atoms with Crippen molar-refractivity contribution in [3.8, 4) is 0 Å². The fourth-order valence-electron chi connectivity index (χ4n) is 2.18. The number of benzene rings is 1. The van der Waals surface area contributed by atoms with Crippen LogP contribution in [0.1, 0.15) is 45.1 Å². The predicted molar refractivity (Wildman–Crippen MR) is 76.4 cm³/mol. The Morgan fingerprint density at radius 2 is 1.94 bits per heavy atom. The Balaban J connectivity index is 2.66. The first-order valence-corrected chi connectivity index (χ1v) is 6.57. The second kappa shape index (κ2) is 7.29. The van der Waals surface area contributed by atoms with Crippen molar-refractivity contribution in [2.75, 3.05) is 6.54 Å². The van der Waals surface area contributed by atoms with E-state index in [4.69, 9.17) is 0 Å². The standard InChI is InChI=1S/C16H25N/c1-5-17-16(12-11-13(2)3)14(4)15-9-7-6-8-10-15/h6-10,14,16-17H,2,5,11-12H2,1,3-4H3. The van der Waals surface area contributed by atoms with Gasteiger partial charge in [-0.2, -0.15) is 0 Å². The summed E-state index contributed by atoms with van der Waals surface area (Å²) in [6.45, 7) is 11.6. The van der Waals surface area contributed by atoms with Gasteiger partial charge in [0.15, 0.2) is 0 Å². The largest absolute Gasteiger partial charge is 0.314 e. The molecular weight excluding hydrogens is 206 g/mol. The summed E-state index contributed by atoms with van der Waals surface area (Å²) in [5.41, 5.74) is 2.69. The molecule has 0 amide bonds. The van der Waals surface area contributed by atoms with Crippen LogP contribution >= 0.6 is 0 Å². The zero-order valence-corrected chi connectivity index (χ0v) is 11.4. The van der Waals surface area contributed by atoms with Crippen LogP contribution in [-0.4, -0.2) is 12.6 Å². The van der Waals surface area contributed by atoms with E-state index in [1.165, 1.54) is 17.6 Å². The molecule has 0 saturated carbocycles. The molecule has 0 radical (unpaired) electrons. The number of hydrogen-bond donors (Lipinski definition) is 1. The third kappa shape index (κ3) is 4.74. The molecule has 0 heterocycles. The molecule has 0 aliphatic heterocycles. The second-order valence-electron chi connectivity index (χ2n) is 4.86. The minimum Gasteiger partial charge on any atom is -0.314 e. The van der Waals surface area contributed by atoms with Gasteiger partial charge >= 0.3 is 0 Å². The summed E-state index contributed by atoms with van der Waals surface area (Å²) < 4.78 is 0. The van der Waals surface area contributed by atoms with E-state index in [1.54, 1.807) is 0 Å². The molecule has 0 saturated heterocycles. The molecular formula is C16H25N. The summed E-state index contributed by atoms with van der Waals surface area (Å²) in [4.78, 5) is 0. The molecule has 1 N–H and O–H groups in total. The van der Waals surface area contributed by atoms with E-state index in [9.17, 15) is 0 Å². The normalized spacial score (nSPS) is 14.3. The van der Waals surface area contributed by atoms with Crippen molar-refractivity contribution in [2.45, 2.75) is 45.6 Å². The van der Waals surface area contributed by atoms with Gasteiger partial charge in [-0.15, -0.1) is 6.58 Å².